The topological polar surface area (TPSA) is 135 Å². The van der Waals surface area contributed by atoms with Gasteiger partial charge in [-0.3, -0.25) is 19.2 Å². The molecule has 0 unspecified atom stereocenters. The Kier molecular flexibility index (Phi) is 8.48. The van der Waals surface area contributed by atoms with Gasteiger partial charge in [-0.25, -0.2) is 0 Å². The number of fused-ring (bicyclic) bond motifs is 2. The molecule has 2 aromatic carbocycles. The van der Waals surface area contributed by atoms with Crippen molar-refractivity contribution in [1.82, 2.24) is 10.2 Å². The van der Waals surface area contributed by atoms with E-state index in [0.717, 1.165) is 0 Å². The number of rotatable bonds is 5. The van der Waals surface area contributed by atoms with E-state index in [1.165, 1.54) is 4.90 Å². The number of nitrogens with zero attached hydrogens (tertiary/aromatic N) is 2. The van der Waals surface area contributed by atoms with Gasteiger partial charge in [0.05, 0.1) is 38.3 Å². The predicted molar refractivity (Wildman–Crippen MR) is 163 cm³/mol. The Morgan fingerprint density at radius 3 is 2.51 bits per heavy atom. The van der Waals surface area contributed by atoms with E-state index in [1.54, 1.807) is 67.5 Å². The van der Waals surface area contributed by atoms with Crippen molar-refractivity contribution in [3.8, 4) is 5.75 Å². The molecule has 3 amide bonds. The number of ether oxygens (including phenoxy) is 3. The van der Waals surface area contributed by atoms with Crippen molar-refractivity contribution >= 4 is 29.4 Å². The number of cyclic esters (lactones) is 1. The highest BCUT2D eigenvalue weighted by molar-refractivity contribution is 6.05. The lowest BCUT2D eigenvalue weighted by Crippen LogP contribution is -2.57. The molecule has 0 radical (unpaired) electrons. The summed E-state index contributed by atoms with van der Waals surface area (Å²) in [6, 6.07) is 14.2. The minimum absolute atomic E-state index is 0.0613. The van der Waals surface area contributed by atoms with Gasteiger partial charge in [-0.05, 0) is 43.2 Å². The van der Waals surface area contributed by atoms with Gasteiger partial charge < -0.3 is 34.4 Å². The normalized spacial score (nSPS) is 31.4. The summed E-state index contributed by atoms with van der Waals surface area (Å²) in [4.78, 5) is 58.6. The van der Waals surface area contributed by atoms with Crippen LogP contribution in [0.4, 0.5) is 5.69 Å². The molecule has 4 aliphatic rings. The van der Waals surface area contributed by atoms with Crippen LogP contribution in [0.15, 0.2) is 78.9 Å². The zero-order valence-electron chi connectivity index (χ0n) is 25.2. The molecule has 0 aliphatic carbocycles. The second-order valence-corrected chi connectivity index (χ2v) is 11.8. The molecule has 1 spiro atoms. The molecule has 7 atom stereocenters. The van der Waals surface area contributed by atoms with E-state index < -0.39 is 66.1 Å². The van der Waals surface area contributed by atoms with Crippen LogP contribution in [0, 0.1) is 11.8 Å². The van der Waals surface area contributed by atoms with Crippen LogP contribution in [-0.2, 0) is 28.7 Å². The number of aliphatic hydroxyl groups excluding tert-OH is 1. The first-order valence-electron chi connectivity index (χ1n) is 15.2. The first-order valence-corrected chi connectivity index (χ1v) is 15.2. The van der Waals surface area contributed by atoms with Crippen LogP contribution in [-0.4, -0.2) is 84.3 Å². The van der Waals surface area contributed by atoms with E-state index in [9.17, 15) is 24.3 Å². The summed E-state index contributed by atoms with van der Waals surface area (Å²) in [5, 5.41) is 13.1. The fourth-order valence-electron chi connectivity index (χ4n) is 6.90. The largest absolute Gasteiger partial charge is 0.497 e. The number of carbonyl (C=O) groups is 4. The summed E-state index contributed by atoms with van der Waals surface area (Å²) in [6.45, 7) is 1.54. The van der Waals surface area contributed by atoms with E-state index in [0.29, 0.717) is 23.4 Å². The van der Waals surface area contributed by atoms with Gasteiger partial charge in [0.1, 0.15) is 29.4 Å². The Morgan fingerprint density at radius 1 is 1.04 bits per heavy atom. The number of anilines is 1. The molecule has 2 saturated heterocycles. The van der Waals surface area contributed by atoms with E-state index in [4.69, 9.17) is 14.2 Å². The molecular formula is C34H37N3O8. The standard InChI is InChI=1S/C34H37N3O8/c1-21(20-38)37-30-32(41)36(23-13-15-24(43-2)16-14-23)18-8-17-34(30)29(31(37)40)28-25(45-34)11-6-7-12-27(39)35-19-26(44-33(28)42)22-9-4-3-5-10-22/h3-6,8-11,13-17,21,25-26,28-30,38H,7,12,18-20H2,1-2H3,(H,35,39)/b11-6-/t21-,25+,26-,28-,29-,30+,34-/m1/s1. The van der Waals surface area contributed by atoms with Crippen LogP contribution in [0.2, 0.25) is 0 Å². The lowest BCUT2D eigenvalue weighted by atomic mass is 9.78. The molecule has 4 heterocycles. The van der Waals surface area contributed by atoms with Gasteiger partial charge in [0, 0.05) is 18.7 Å². The highest BCUT2D eigenvalue weighted by Crippen LogP contribution is 2.54. The van der Waals surface area contributed by atoms with Crippen LogP contribution in [0.25, 0.3) is 0 Å². The van der Waals surface area contributed by atoms with Crippen molar-refractivity contribution in [2.75, 3.05) is 31.7 Å². The maximum atomic E-state index is 14.5. The quantitative estimate of drug-likeness (QED) is 0.387. The number of benzene rings is 2. The minimum atomic E-state index is -1.51. The lowest BCUT2D eigenvalue weighted by Gasteiger charge is -2.37. The van der Waals surface area contributed by atoms with Crippen LogP contribution in [0.3, 0.4) is 0 Å². The van der Waals surface area contributed by atoms with Crippen LogP contribution >= 0.6 is 0 Å². The average molecular weight is 616 g/mol. The monoisotopic (exact) mass is 615 g/mol. The number of amides is 3. The first-order chi connectivity index (χ1) is 21.8. The van der Waals surface area contributed by atoms with Gasteiger partial charge in [0.15, 0.2) is 0 Å². The molecule has 45 heavy (non-hydrogen) atoms. The van der Waals surface area contributed by atoms with Crippen molar-refractivity contribution in [1.29, 1.82) is 0 Å². The number of carbonyl (C=O) groups excluding carboxylic acids is 4. The molecule has 11 nitrogen and oxygen atoms in total. The first kappa shape index (κ1) is 30.5. The SMILES string of the molecule is COc1ccc(N2CC=C[C@@]34O[C@H]5/C=C\CCC(=O)NC[C@H](c6ccccc6)OC(=O)[C@H]5[C@@H]3C(=O)N([C@H](C)CO)[C@H]4C2=O)cc1. The molecule has 0 aromatic heterocycles. The Morgan fingerprint density at radius 2 is 1.80 bits per heavy atom. The Hall–Kier alpha value is -4.48. The summed E-state index contributed by atoms with van der Waals surface area (Å²) < 4.78 is 18.1. The van der Waals surface area contributed by atoms with Gasteiger partial charge >= 0.3 is 5.97 Å². The second kappa shape index (κ2) is 12.5. The molecule has 6 rings (SSSR count). The van der Waals surface area contributed by atoms with E-state index in [2.05, 4.69) is 5.32 Å². The summed E-state index contributed by atoms with van der Waals surface area (Å²) in [5.74, 6) is -3.26. The van der Waals surface area contributed by atoms with Gasteiger partial charge in [-0.15, -0.1) is 0 Å². The van der Waals surface area contributed by atoms with Gasteiger partial charge in [0.25, 0.3) is 5.91 Å². The number of esters is 1. The molecule has 4 aliphatic heterocycles. The summed E-state index contributed by atoms with van der Waals surface area (Å²) in [6.07, 6.45) is 5.88. The predicted octanol–water partition coefficient (Wildman–Crippen LogP) is 2.31. The number of hydrogen-bond acceptors (Lipinski definition) is 8. The molecule has 11 heteroatoms. The average Bonchev–Trinajstić information content (AvgIpc) is 3.45. The van der Waals surface area contributed by atoms with Gasteiger partial charge in [0.2, 0.25) is 11.8 Å². The maximum Gasteiger partial charge on any atom is 0.313 e. The van der Waals surface area contributed by atoms with Gasteiger partial charge in [-0.2, -0.15) is 0 Å². The van der Waals surface area contributed by atoms with Crippen LogP contribution in [0.5, 0.6) is 5.75 Å². The Bertz CT molecular complexity index is 1510. The number of hydrogen-bond donors (Lipinski definition) is 2. The van der Waals surface area contributed by atoms with Crippen molar-refractivity contribution in [3.63, 3.8) is 0 Å². The fourth-order valence-corrected chi connectivity index (χ4v) is 6.90. The smallest absolute Gasteiger partial charge is 0.313 e. The molecule has 0 saturated carbocycles. The van der Waals surface area contributed by atoms with E-state index in [-0.39, 0.29) is 25.4 Å². The number of aliphatic hydroxyl groups is 1. The molecule has 2 fully saturated rings. The number of nitrogens with one attached hydrogen (secondary N) is 1. The van der Waals surface area contributed by atoms with Crippen molar-refractivity contribution in [2.45, 2.75) is 49.7 Å². The third-order valence-corrected chi connectivity index (χ3v) is 9.11. The number of allylic oxidation sites excluding steroid dienone is 1. The van der Waals surface area contributed by atoms with Crippen molar-refractivity contribution in [2.24, 2.45) is 11.8 Å². The van der Waals surface area contributed by atoms with Gasteiger partial charge in [-0.1, -0.05) is 54.6 Å². The zero-order chi connectivity index (χ0) is 31.7. The molecule has 2 N–H and O–H groups in total. The zero-order valence-corrected chi connectivity index (χ0v) is 25.2. The van der Waals surface area contributed by atoms with E-state index >= 15 is 0 Å². The highest BCUT2D eigenvalue weighted by atomic mass is 16.6. The molecule has 0 bridgehead atoms. The van der Waals surface area contributed by atoms with Crippen molar-refractivity contribution in [3.05, 3.63) is 84.5 Å². The Labute approximate surface area is 261 Å². The summed E-state index contributed by atoms with van der Waals surface area (Å²) in [7, 11) is 1.56. The summed E-state index contributed by atoms with van der Waals surface area (Å²) >= 11 is 0. The third-order valence-electron chi connectivity index (χ3n) is 9.11. The fraction of sp³-hybridized carbons (Fsp3) is 0.412. The second-order valence-electron chi connectivity index (χ2n) is 11.8. The lowest BCUT2D eigenvalue weighted by molar-refractivity contribution is -0.160. The number of likely N-dealkylation sites (tertiary alicyclic amines) is 1. The molecule has 2 aromatic rings. The van der Waals surface area contributed by atoms with E-state index in [1.807, 2.05) is 30.3 Å². The highest BCUT2D eigenvalue weighted by Gasteiger charge is 2.72. The van der Waals surface area contributed by atoms with Crippen LogP contribution < -0.4 is 15.0 Å². The summed E-state index contributed by atoms with van der Waals surface area (Å²) in [5.41, 5.74) is -0.218. The van der Waals surface area contributed by atoms with Crippen molar-refractivity contribution < 1.29 is 38.5 Å². The molecular weight excluding hydrogens is 578 g/mol. The minimum Gasteiger partial charge on any atom is -0.497 e. The van der Waals surface area contributed by atoms with Crippen LogP contribution in [0.1, 0.15) is 31.4 Å². The Balaban J connectivity index is 1.43. The third kappa shape index (κ3) is 5.40. The number of methoxy groups -OCH3 is 1. The molecule has 236 valence electrons. The maximum absolute atomic E-state index is 14.5.